The Labute approximate surface area is 110 Å². The molecule has 0 amide bonds. The third-order valence-corrected chi connectivity index (χ3v) is 4.07. The number of alkyl halides is 1. The number of rotatable bonds is 3. The third-order valence-electron chi connectivity index (χ3n) is 3.79. The van der Waals surface area contributed by atoms with E-state index in [1.54, 1.807) is 0 Å². The molecule has 0 aliphatic carbocycles. The molecule has 0 aromatic heterocycles. The molecule has 0 radical (unpaired) electrons. The van der Waals surface area contributed by atoms with Gasteiger partial charge in [-0.15, -0.1) is 11.6 Å². The lowest BCUT2D eigenvalue weighted by molar-refractivity contribution is 0.449. The average Bonchev–Trinajstić information content (AvgIpc) is 2.38. The van der Waals surface area contributed by atoms with Crippen molar-refractivity contribution in [3.63, 3.8) is 0 Å². The van der Waals surface area contributed by atoms with E-state index < -0.39 is 0 Å². The molecule has 1 fully saturated rings. The fraction of sp³-hybridized carbons (Fsp3) is 0.600. The second-order valence-corrected chi connectivity index (χ2v) is 5.28. The van der Waals surface area contributed by atoms with Gasteiger partial charge in [0.25, 0.3) is 0 Å². The molecule has 1 unspecified atom stereocenters. The quantitative estimate of drug-likeness (QED) is 0.715. The topological polar surface area (TPSA) is 3.24 Å². The normalized spacial score (nSPS) is 20.6. The molecule has 0 spiro atoms. The number of hydrogen-bond donors (Lipinski definition) is 0. The van der Waals surface area contributed by atoms with Gasteiger partial charge in [-0.05, 0) is 44.2 Å². The van der Waals surface area contributed by atoms with Gasteiger partial charge >= 0.3 is 0 Å². The van der Waals surface area contributed by atoms with Crippen LogP contribution in [0.5, 0.6) is 0 Å². The van der Waals surface area contributed by atoms with Crippen molar-refractivity contribution in [1.82, 2.24) is 0 Å². The van der Waals surface area contributed by atoms with Crippen LogP contribution in [0.1, 0.15) is 43.7 Å². The Hall–Kier alpha value is -0.690. The summed E-state index contributed by atoms with van der Waals surface area (Å²) in [5.74, 6) is 0.615. The van der Waals surface area contributed by atoms with Gasteiger partial charge in [-0.2, -0.15) is 0 Å². The summed E-state index contributed by atoms with van der Waals surface area (Å²) in [7, 11) is 0. The number of aryl methyl sites for hydroxylation is 1. The second kappa shape index (κ2) is 5.77. The first-order chi connectivity index (χ1) is 8.26. The summed E-state index contributed by atoms with van der Waals surface area (Å²) in [6.45, 7) is 5.61. The highest BCUT2D eigenvalue weighted by Gasteiger charge is 2.22. The van der Waals surface area contributed by atoms with Gasteiger partial charge < -0.3 is 4.90 Å². The molecule has 1 heterocycles. The summed E-state index contributed by atoms with van der Waals surface area (Å²) in [6.07, 6.45) is 5.24. The number of anilines is 1. The zero-order chi connectivity index (χ0) is 12.3. The van der Waals surface area contributed by atoms with Crippen LogP contribution in [0.4, 0.5) is 5.69 Å². The molecule has 94 valence electrons. The van der Waals surface area contributed by atoms with Gasteiger partial charge in [-0.3, -0.25) is 0 Å². The second-order valence-electron chi connectivity index (χ2n) is 5.02. The predicted molar refractivity (Wildman–Crippen MR) is 76.0 cm³/mol. The van der Waals surface area contributed by atoms with E-state index in [4.69, 9.17) is 11.6 Å². The summed E-state index contributed by atoms with van der Waals surface area (Å²) in [5, 5.41) is 0. The lowest BCUT2D eigenvalue weighted by Gasteiger charge is -2.38. The summed E-state index contributed by atoms with van der Waals surface area (Å²) in [6, 6.07) is 7.38. The maximum Gasteiger partial charge on any atom is 0.0494 e. The maximum atomic E-state index is 6.09. The van der Waals surface area contributed by atoms with Crippen molar-refractivity contribution in [2.75, 3.05) is 11.4 Å². The number of nitrogens with zero attached hydrogens (tertiary/aromatic N) is 1. The minimum Gasteiger partial charge on any atom is -0.368 e. The molecule has 1 aromatic carbocycles. The molecule has 1 aliphatic rings. The van der Waals surface area contributed by atoms with Crippen LogP contribution in [0, 0.1) is 6.92 Å². The Kier molecular flexibility index (Phi) is 4.33. The highest BCUT2D eigenvalue weighted by Crippen LogP contribution is 2.30. The van der Waals surface area contributed by atoms with Crippen molar-refractivity contribution in [2.24, 2.45) is 0 Å². The predicted octanol–water partition coefficient (Wildman–Crippen LogP) is 4.50. The molecule has 2 heteroatoms. The van der Waals surface area contributed by atoms with E-state index in [0.29, 0.717) is 11.9 Å². The Morgan fingerprint density at radius 1 is 1.35 bits per heavy atom. The fourth-order valence-corrected chi connectivity index (χ4v) is 3.06. The van der Waals surface area contributed by atoms with Crippen molar-refractivity contribution in [3.8, 4) is 0 Å². The standard InChI is InChI=1S/C15H22ClN/c1-3-14-6-4-5-9-17(14)15-8-7-12(2)10-13(15)11-16/h7-8,10,14H,3-6,9,11H2,1-2H3. The highest BCUT2D eigenvalue weighted by molar-refractivity contribution is 6.17. The van der Waals surface area contributed by atoms with Crippen LogP contribution in [0.15, 0.2) is 18.2 Å². The van der Waals surface area contributed by atoms with Crippen LogP contribution in [0.25, 0.3) is 0 Å². The molecule has 2 rings (SSSR count). The molecule has 1 aromatic rings. The fourth-order valence-electron chi connectivity index (χ4n) is 2.84. The van der Waals surface area contributed by atoms with Gasteiger partial charge in [0.15, 0.2) is 0 Å². The molecule has 1 nitrogen and oxygen atoms in total. The molecule has 1 aliphatic heterocycles. The van der Waals surface area contributed by atoms with Crippen LogP contribution < -0.4 is 4.90 Å². The Bertz CT molecular complexity index is 375. The molecular weight excluding hydrogens is 230 g/mol. The summed E-state index contributed by atoms with van der Waals surface area (Å²) < 4.78 is 0. The largest absolute Gasteiger partial charge is 0.368 e. The average molecular weight is 252 g/mol. The van der Waals surface area contributed by atoms with E-state index in [-0.39, 0.29) is 0 Å². The van der Waals surface area contributed by atoms with Gasteiger partial charge in [0.2, 0.25) is 0 Å². The molecular formula is C15H22ClN. The number of halogens is 1. The molecule has 0 N–H and O–H groups in total. The van der Waals surface area contributed by atoms with Crippen LogP contribution in [0.2, 0.25) is 0 Å². The smallest absolute Gasteiger partial charge is 0.0494 e. The van der Waals surface area contributed by atoms with Crippen LogP contribution in [0.3, 0.4) is 0 Å². The first-order valence-electron chi connectivity index (χ1n) is 6.68. The third kappa shape index (κ3) is 2.77. The van der Waals surface area contributed by atoms with E-state index >= 15 is 0 Å². The van der Waals surface area contributed by atoms with E-state index in [2.05, 4.69) is 36.9 Å². The van der Waals surface area contributed by atoms with Crippen molar-refractivity contribution < 1.29 is 0 Å². The van der Waals surface area contributed by atoms with Crippen molar-refractivity contribution in [2.45, 2.75) is 51.5 Å². The number of benzene rings is 1. The van der Waals surface area contributed by atoms with Crippen molar-refractivity contribution in [1.29, 1.82) is 0 Å². The van der Waals surface area contributed by atoms with Gasteiger partial charge in [0.05, 0.1) is 0 Å². The molecule has 17 heavy (non-hydrogen) atoms. The van der Waals surface area contributed by atoms with Crippen molar-refractivity contribution >= 4 is 17.3 Å². The minimum absolute atomic E-state index is 0.615. The van der Waals surface area contributed by atoms with E-state index in [1.807, 2.05) is 0 Å². The van der Waals surface area contributed by atoms with Gasteiger partial charge in [0, 0.05) is 24.2 Å². The first kappa shape index (κ1) is 12.8. The minimum atomic E-state index is 0.615. The van der Waals surface area contributed by atoms with Crippen LogP contribution >= 0.6 is 11.6 Å². The van der Waals surface area contributed by atoms with Gasteiger partial charge in [0.1, 0.15) is 0 Å². The van der Waals surface area contributed by atoms with Crippen LogP contribution in [-0.2, 0) is 5.88 Å². The number of hydrogen-bond acceptors (Lipinski definition) is 1. The van der Waals surface area contributed by atoms with E-state index in [1.165, 1.54) is 49.0 Å². The zero-order valence-electron chi connectivity index (χ0n) is 10.9. The zero-order valence-corrected chi connectivity index (χ0v) is 11.6. The Morgan fingerprint density at radius 2 is 2.18 bits per heavy atom. The van der Waals surface area contributed by atoms with Crippen LogP contribution in [-0.4, -0.2) is 12.6 Å². The molecule has 1 atom stereocenters. The molecule has 1 saturated heterocycles. The van der Waals surface area contributed by atoms with Gasteiger partial charge in [-0.1, -0.05) is 24.6 Å². The first-order valence-corrected chi connectivity index (χ1v) is 7.22. The monoisotopic (exact) mass is 251 g/mol. The Morgan fingerprint density at radius 3 is 2.88 bits per heavy atom. The highest BCUT2D eigenvalue weighted by atomic mass is 35.5. The maximum absolute atomic E-state index is 6.09. The van der Waals surface area contributed by atoms with Crippen molar-refractivity contribution in [3.05, 3.63) is 29.3 Å². The summed E-state index contributed by atoms with van der Waals surface area (Å²) >= 11 is 6.09. The SMILES string of the molecule is CCC1CCCCN1c1ccc(C)cc1CCl. The number of piperidine rings is 1. The molecule has 0 bridgehead atoms. The lowest BCUT2D eigenvalue weighted by atomic mass is 9.97. The Balaban J connectivity index is 2.30. The summed E-state index contributed by atoms with van der Waals surface area (Å²) in [4.78, 5) is 2.57. The van der Waals surface area contributed by atoms with E-state index in [9.17, 15) is 0 Å². The lowest BCUT2D eigenvalue weighted by Crippen LogP contribution is -2.39. The van der Waals surface area contributed by atoms with Gasteiger partial charge in [-0.25, -0.2) is 0 Å². The van der Waals surface area contributed by atoms with E-state index in [0.717, 1.165) is 0 Å². The summed E-state index contributed by atoms with van der Waals surface area (Å²) in [5.41, 5.74) is 3.94. The molecule has 0 saturated carbocycles.